The first kappa shape index (κ1) is 8.31. The Kier molecular flexibility index (Phi) is 1.63. The molecule has 3 rings (SSSR count). The number of fused-ring (bicyclic) bond motifs is 1. The largest absolute Gasteiger partial charge is 0.392 e. The van der Waals surface area contributed by atoms with Crippen LogP contribution < -0.4 is 0 Å². The number of rotatable bonds is 1. The predicted molar refractivity (Wildman–Crippen MR) is 49.8 cm³/mol. The molecule has 0 aromatic rings. The fraction of sp³-hybridized carbons (Fsp3) is 0.818. The maximum absolute atomic E-state index is 9.23. The van der Waals surface area contributed by atoms with Gasteiger partial charge in [0, 0.05) is 0 Å². The van der Waals surface area contributed by atoms with Crippen molar-refractivity contribution < 1.29 is 5.11 Å². The SMILES string of the molecule is CC1=C(CO)[C@H]2C[C@@H](C1)C2(C)C. The minimum Gasteiger partial charge on any atom is -0.392 e. The Morgan fingerprint density at radius 1 is 1.50 bits per heavy atom. The van der Waals surface area contributed by atoms with Gasteiger partial charge in [0.15, 0.2) is 0 Å². The molecule has 0 saturated heterocycles. The summed E-state index contributed by atoms with van der Waals surface area (Å²) in [6, 6.07) is 0. The number of allylic oxidation sites excluding steroid dienone is 1. The molecule has 1 heteroatoms. The van der Waals surface area contributed by atoms with Gasteiger partial charge in [-0.2, -0.15) is 0 Å². The van der Waals surface area contributed by atoms with Crippen molar-refractivity contribution in [1.29, 1.82) is 0 Å². The zero-order valence-corrected chi connectivity index (χ0v) is 8.22. The molecule has 0 heterocycles. The summed E-state index contributed by atoms with van der Waals surface area (Å²) in [5, 5.41) is 9.23. The molecule has 0 aromatic carbocycles. The summed E-state index contributed by atoms with van der Waals surface area (Å²) in [5.74, 6) is 1.57. The monoisotopic (exact) mass is 166 g/mol. The first-order valence-corrected chi connectivity index (χ1v) is 4.86. The molecule has 12 heavy (non-hydrogen) atoms. The molecule has 0 aliphatic heterocycles. The molecule has 0 aromatic heterocycles. The van der Waals surface area contributed by atoms with Gasteiger partial charge in [0.2, 0.25) is 0 Å². The van der Waals surface area contributed by atoms with Crippen molar-refractivity contribution >= 4 is 0 Å². The molecule has 1 fully saturated rings. The first-order chi connectivity index (χ1) is 5.57. The van der Waals surface area contributed by atoms with E-state index in [1.165, 1.54) is 24.0 Å². The van der Waals surface area contributed by atoms with E-state index in [1.807, 2.05) is 0 Å². The summed E-state index contributed by atoms with van der Waals surface area (Å²) in [4.78, 5) is 0. The summed E-state index contributed by atoms with van der Waals surface area (Å²) in [5.41, 5.74) is 3.26. The molecule has 3 aliphatic carbocycles. The fourth-order valence-corrected chi connectivity index (χ4v) is 3.00. The van der Waals surface area contributed by atoms with Crippen molar-refractivity contribution in [2.45, 2.75) is 33.6 Å². The highest BCUT2D eigenvalue weighted by atomic mass is 16.3. The smallest absolute Gasteiger partial charge is 0.0647 e. The van der Waals surface area contributed by atoms with Crippen LogP contribution in [-0.2, 0) is 0 Å². The molecule has 1 saturated carbocycles. The fourth-order valence-electron chi connectivity index (χ4n) is 3.00. The molecule has 0 spiro atoms. The Morgan fingerprint density at radius 2 is 2.17 bits per heavy atom. The Bertz CT molecular complexity index is 237. The van der Waals surface area contributed by atoms with Crippen LogP contribution in [0.5, 0.6) is 0 Å². The van der Waals surface area contributed by atoms with Crippen LogP contribution in [0.4, 0.5) is 0 Å². The van der Waals surface area contributed by atoms with Crippen molar-refractivity contribution in [3.05, 3.63) is 11.1 Å². The van der Waals surface area contributed by atoms with Crippen LogP contribution in [0.3, 0.4) is 0 Å². The summed E-state index contributed by atoms with van der Waals surface area (Å²) in [6.45, 7) is 7.15. The normalized spacial score (nSPS) is 38.0. The number of aliphatic hydroxyl groups is 1. The lowest BCUT2D eigenvalue weighted by molar-refractivity contribution is -0.0167. The number of aliphatic hydroxyl groups excluding tert-OH is 1. The summed E-state index contributed by atoms with van der Waals surface area (Å²) >= 11 is 0. The third kappa shape index (κ3) is 0.832. The molecular formula is C11H18O. The quantitative estimate of drug-likeness (QED) is 0.593. The lowest BCUT2D eigenvalue weighted by atomic mass is 9.47. The maximum Gasteiger partial charge on any atom is 0.0647 e. The number of hydrogen-bond acceptors (Lipinski definition) is 1. The Hall–Kier alpha value is -0.300. The zero-order valence-electron chi connectivity index (χ0n) is 8.22. The van der Waals surface area contributed by atoms with E-state index in [4.69, 9.17) is 0 Å². The third-order valence-electron chi connectivity index (χ3n) is 4.16. The van der Waals surface area contributed by atoms with Gasteiger partial charge < -0.3 is 5.11 Å². The topological polar surface area (TPSA) is 20.2 Å². The summed E-state index contributed by atoms with van der Waals surface area (Å²) < 4.78 is 0. The van der Waals surface area contributed by atoms with Crippen LogP contribution in [0.25, 0.3) is 0 Å². The first-order valence-electron chi connectivity index (χ1n) is 4.86. The molecule has 2 bridgehead atoms. The second kappa shape index (κ2) is 2.35. The van der Waals surface area contributed by atoms with Crippen LogP contribution in [0.15, 0.2) is 11.1 Å². The summed E-state index contributed by atoms with van der Waals surface area (Å²) in [7, 11) is 0. The van der Waals surface area contributed by atoms with Crippen LogP contribution in [0.1, 0.15) is 33.6 Å². The van der Waals surface area contributed by atoms with E-state index >= 15 is 0 Å². The van der Waals surface area contributed by atoms with Crippen LogP contribution >= 0.6 is 0 Å². The van der Waals surface area contributed by atoms with E-state index in [9.17, 15) is 5.11 Å². The van der Waals surface area contributed by atoms with Gasteiger partial charge in [0.25, 0.3) is 0 Å². The molecule has 1 nitrogen and oxygen atoms in total. The van der Waals surface area contributed by atoms with Crippen molar-refractivity contribution in [3.8, 4) is 0 Å². The standard InChI is InChI=1S/C11H18O/c1-7-4-8-5-10(9(7)6-12)11(8,2)3/h8,10,12H,4-6H2,1-3H3/t8-,10-/m1/s1. The van der Waals surface area contributed by atoms with Gasteiger partial charge in [-0.25, -0.2) is 0 Å². The zero-order chi connectivity index (χ0) is 8.93. The van der Waals surface area contributed by atoms with E-state index in [-0.39, 0.29) is 6.61 Å². The number of hydrogen-bond donors (Lipinski definition) is 1. The van der Waals surface area contributed by atoms with Gasteiger partial charge in [0.1, 0.15) is 0 Å². The summed E-state index contributed by atoms with van der Waals surface area (Å²) in [6.07, 6.45) is 2.54. The molecular weight excluding hydrogens is 148 g/mol. The van der Waals surface area contributed by atoms with Gasteiger partial charge in [-0.05, 0) is 42.6 Å². The van der Waals surface area contributed by atoms with E-state index in [1.54, 1.807) is 0 Å². The second-order valence-corrected chi connectivity index (χ2v) is 4.97. The average molecular weight is 166 g/mol. The van der Waals surface area contributed by atoms with Crippen molar-refractivity contribution in [3.63, 3.8) is 0 Å². The molecule has 2 atom stereocenters. The van der Waals surface area contributed by atoms with Crippen molar-refractivity contribution in [2.24, 2.45) is 17.3 Å². The van der Waals surface area contributed by atoms with Gasteiger partial charge in [-0.15, -0.1) is 0 Å². The predicted octanol–water partition coefficient (Wildman–Crippen LogP) is 2.36. The van der Waals surface area contributed by atoms with Crippen molar-refractivity contribution in [2.75, 3.05) is 6.61 Å². The molecule has 0 unspecified atom stereocenters. The highest BCUT2D eigenvalue weighted by Crippen LogP contribution is 2.60. The molecule has 3 aliphatic rings. The molecule has 0 radical (unpaired) electrons. The third-order valence-corrected chi connectivity index (χ3v) is 4.16. The van der Waals surface area contributed by atoms with Crippen LogP contribution in [0.2, 0.25) is 0 Å². The lowest BCUT2D eigenvalue weighted by Gasteiger charge is -2.57. The van der Waals surface area contributed by atoms with Gasteiger partial charge in [-0.1, -0.05) is 19.4 Å². The van der Waals surface area contributed by atoms with Gasteiger partial charge in [-0.3, -0.25) is 0 Å². The van der Waals surface area contributed by atoms with E-state index in [2.05, 4.69) is 20.8 Å². The highest BCUT2D eigenvalue weighted by molar-refractivity contribution is 5.29. The molecule has 0 amide bonds. The van der Waals surface area contributed by atoms with E-state index in [0.717, 1.165) is 5.92 Å². The minimum atomic E-state index is 0.284. The van der Waals surface area contributed by atoms with Crippen LogP contribution in [0, 0.1) is 17.3 Å². The Labute approximate surface area is 74.5 Å². The minimum absolute atomic E-state index is 0.284. The maximum atomic E-state index is 9.23. The second-order valence-electron chi connectivity index (χ2n) is 4.97. The lowest BCUT2D eigenvalue weighted by Crippen LogP contribution is -2.49. The van der Waals surface area contributed by atoms with Gasteiger partial charge in [0.05, 0.1) is 6.61 Å². The van der Waals surface area contributed by atoms with Gasteiger partial charge >= 0.3 is 0 Å². The van der Waals surface area contributed by atoms with Crippen LogP contribution in [-0.4, -0.2) is 11.7 Å². The van der Waals surface area contributed by atoms with E-state index < -0.39 is 0 Å². The Balaban J connectivity index is 2.32. The van der Waals surface area contributed by atoms with E-state index in [0.29, 0.717) is 11.3 Å². The Morgan fingerprint density at radius 3 is 2.58 bits per heavy atom. The molecule has 1 N–H and O–H groups in total. The van der Waals surface area contributed by atoms with Crippen molar-refractivity contribution in [1.82, 2.24) is 0 Å². The highest BCUT2D eigenvalue weighted by Gasteiger charge is 2.52. The average Bonchev–Trinajstić information content (AvgIpc) is 2.03. The molecule has 68 valence electrons.